The third kappa shape index (κ3) is 3.04. The summed E-state index contributed by atoms with van der Waals surface area (Å²) in [6, 6.07) is 2.92. The maximum absolute atomic E-state index is 14.0. The van der Waals surface area contributed by atoms with E-state index in [2.05, 4.69) is 0 Å². The highest BCUT2D eigenvalue weighted by molar-refractivity contribution is 6.55. The van der Waals surface area contributed by atoms with Crippen molar-refractivity contribution in [2.45, 2.75) is 45.8 Å². The molecule has 0 radical (unpaired) electrons. The molecule has 22 heavy (non-hydrogen) atoms. The first kappa shape index (κ1) is 17.0. The average Bonchev–Trinajstić information content (AvgIpc) is 2.61. The molecule has 1 aromatic rings. The van der Waals surface area contributed by atoms with Crippen LogP contribution in [-0.4, -0.2) is 30.0 Å². The molecule has 1 aliphatic rings. The van der Waals surface area contributed by atoms with Crippen LogP contribution >= 0.6 is 0 Å². The number of aliphatic hydroxyl groups is 1. The number of benzene rings is 1. The quantitative estimate of drug-likeness (QED) is 0.666. The first-order chi connectivity index (χ1) is 10.1. The van der Waals surface area contributed by atoms with Gasteiger partial charge in [0.25, 0.3) is 0 Å². The number of anilines is 1. The van der Waals surface area contributed by atoms with Crippen LogP contribution in [0.25, 0.3) is 6.08 Å². The summed E-state index contributed by atoms with van der Waals surface area (Å²) in [7, 11) is -0.702. The van der Waals surface area contributed by atoms with E-state index in [0.717, 1.165) is 5.56 Å². The summed E-state index contributed by atoms with van der Waals surface area (Å²) in [5, 5.41) is 9.63. The van der Waals surface area contributed by atoms with E-state index in [1.54, 1.807) is 19.1 Å². The van der Waals surface area contributed by atoms with Gasteiger partial charge in [-0.15, -0.1) is 0 Å². The monoisotopic (exact) mass is 307 g/mol. The minimum atomic E-state index is -0.702. The second-order valence-corrected chi connectivity index (χ2v) is 6.70. The Labute approximate surface area is 131 Å². The van der Waals surface area contributed by atoms with Crippen LogP contribution in [0.2, 0.25) is 0 Å². The molecule has 2 rings (SSSR count). The van der Waals surface area contributed by atoms with Crippen LogP contribution in [0.5, 0.6) is 0 Å². The van der Waals surface area contributed by atoms with Gasteiger partial charge in [0.2, 0.25) is 0 Å². The first-order valence-corrected chi connectivity index (χ1v) is 7.30. The SMILES string of the molecule is Cc1cc(C=C(CO)B2OC(C)(C)C(C)(C)O2)c(F)cc1N. The smallest absolute Gasteiger partial charge is 0.400 e. The molecule has 0 amide bonds. The van der Waals surface area contributed by atoms with Crippen molar-refractivity contribution >= 4 is 18.9 Å². The van der Waals surface area contributed by atoms with Crippen molar-refractivity contribution in [3.8, 4) is 0 Å². The molecule has 6 heteroatoms. The predicted molar refractivity (Wildman–Crippen MR) is 86.7 cm³/mol. The number of hydrogen-bond donors (Lipinski definition) is 2. The van der Waals surface area contributed by atoms with Crippen LogP contribution in [0.4, 0.5) is 10.1 Å². The highest BCUT2D eigenvalue weighted by Crippen LogP contribution is 2.38. The molecule has 120 valence electrons. The van der Waals surface area contributed by atoms with Gasteiger partial charge in [-0.25, -0.2) is 4.39 Å². The summed E-state index contributed by atoms with van der Waals surface area (Å²) >= 11 is 0. The molecular formula is C16H23BFNO3. The maximum Gasteiger partial charge on any atom is 0.492 e. The fraction of sp³-hybridized carbons (Fsp3) is 0.500. The fourth-order valence-corrected chi connectivity index (χ4v) is 2.21. The lowest BCUT2D eigenvalue weighted by atomic mass is 9.77. The summed E-state index contributed by atoms with van der Waals surface area (Å²) in [5.74, 6) is -0.439. The van der Waals surface area contributed by atoms with E-state index in [4.69, 9.17) is 15.0 Å². The Morgan fingerprint density at radius 1 is 1.27 bits per heavy atom. The standard InChI is InChI=1S/C16H23BFNO3/c1-10-6-11(13(18)8-14(10)19)7-12(9-20)17-21-15(2,3)16(4,5)22-17/h6-8,20H,9,19H2,1-5H3. The van der Waals surface area contributed by atoms with E-state index in [9.17, 15) is 9.50 Å². The van der Waals surface area contributed by atoms with Crippen molar-refractivity contribution in [1.29, 1.82) is 0 Å². The summed E-state index contributed by atoms with van der Waals surface area (Å²) in [5.41, 5.74) is 6.66. The van der Waals surface area contributed by atoms with E-state index in [1.807, 2.05) is 27.7 Å². The lowest BCUT2D eigenvalue weighted by Gasteiger charge is -2.32. The highest BCUT2D eigenvalue weighted by atomic mass is 19.1. The molecule has 1 aliphatic heterocycles. The number of halogens is 1. The second-order valence-electron chi connectivity index (χ2n) is 6.70. The van der Waals surface area contributed by atoms with Gasteiger partial charge in [0.15, 0.2) is 0 Å². The van der Waals surface area contributed by atoms with E-state index in [0.29, 0.717) is 16.7 Å². The Hall–Kier alpha value is -1.37. The molecule has 0 aromatic heterocycles. The van der Waals surface area contributed by atoms with Gasteiger partial charge in [-0.1, -0.05) is 6.08 Å². The van der Waals surface area contributed by atoms with E-state index in [-0.39, 0.29) is 6.61 Å². The molecule has 0 aliphatic carbocycles. The minimum Gasteiger partial charge on any atom is -0.400 e. The molecule has 0 unspecified atom stereocenters. The second kappa shape index (κ2) is 5.68. The number of aliphatic hydroxyl groups excluding tert-OH is 1. The highest BCUT2D eigenvalue weighted by Gasteiger charge is 2.52. The zero-order valence-electron chi connectivity index (χ0n) is 13.7. The van der Waals surface area contributed by atoms with Crippen molar-refractivity contribution in [3.63, 3.8) is 0 Å². The Balaban J connectivity index is 2.36. The molecule has 0 atom stereocenters. The van der Waals surface area contributed by atoms with E-state index >= 15 is 0 Å². The van der Waals surface area contributed by atoms with Gasteiger partial charge in [0, 0.05) is 11.3 Å². The van der Waals surface area contributed by atoms with Crippen LogP contribution in [0, 0.1) is 12.7 Å². The third-order valence-electron chi connectivity index (χ3n) is 4.46. The van der Waals surface area contributed by atoms with Crippen LogP contribution in [-0.2, 0) is 9.31 Å². The van der Waals surface area contributed by atoms with Gasteiger partial charge >= 0.3 is 7.12 Å². The average molecular weight is 307 g/mol. The van der Waals surface area contributed by atoms with Crippen molar-refractivity contribution in [2.75, 3.05) is 12.3 Å². The summed E-state index contributed by atoms with van der Waals surface area (Å²) in [6.07, 6.45) is 1.56. The normalized spacial score (nSPS) is 20.5. The maximum atomic E-state index is 14.0. The van der Waals surface area contributed by atoms with Gasteiger partial charge < -0.3 is 20.1 Å². The summed E-state index contributed by atoms with van der Waals surface area (Å²) in [4.78, 5) is 0. The Morgan fingerprint density at radius 2 is 1.82 bits per heavy atom. The van der Waals surface area contributed by atoms with Gasteiger partial charge in [-0.2, -0.15) is 0 Å². The number of hydrogen-bond acceptors (Lipinski definition) is 4. The van der Waals surface area contributed by atoms with Gasteiger partial charge in [-0.3, -0.25) is 0 Å². The molecule has 0 bridgehead atoms. The fourth-order valence-electron chi connectivity index (χ4n) is 2.21. The molecule has 1 aromatic carbocycles. The van der Waals surface area contributed by atoms with Gasteiger partial charge in [0.05, 0.1) is 17.8 Å². The van der Waals surface area contributed by atoms with Crippen LogP contribution < -0.4 is 5.73 Å². The molecule has 0 saturated carbocycles. The molecule has 1 heterocycles. The van der Waals surface area contributed by atoms with Gasteiger partial charge in [0.1, 0.15) is 5.82 Å². The summed E-state index contributed by atoms with van der Waals surface area (Å²) in [6.45, 7) is 9.23. The molecular weight excluding hydrogens is 284 g/mol. The van der Waals surface area contributed by atoms with Crippen LogP contribution in [0.15, 0.2) is 17.6 Å². The Morgan fingerprint density at radius 3 is 2.32 bits per heavy atom. The van der Waals surface area contributed by atoms with Gasteiger partial charge in [-0.05, 0) is 57.8 Å². The topological polar surface area (TPSA) is 64.7 Å². The number of nitrogens with two attached hydrogens (primary N) is 1. The molecule has 1 saturated heterocycles. The molecule has 4 nitrogen and oxygen atoms in total. The zero-order valence-corrected chi connectivity index (χ0v) is 13.7. The Kier molecular flexibility index (Phi) is 4.39. The molecule has 3 N–H and O–H groups in total. The lowest BCUT2D eigenvalue weighted by molar-refractivity contribution is 0.00578. The molecule has 0 spiro atoms. The Bertz CT molecular complexity index is 598. The minimum absolute atomic E-state index is 0.278. The summed E-state index contributed by atoms with van der Waals surface area (Å²) < 4.78 is 25.8. The lowest BCUT2D eigenvalue weighted by Crippen LogP contribution is -2.41. The molecule has 1 fully saturated rings. The van der Waals surface area contributed by atoms with E-state index < -0.39 is 24.1 Å². The third-order valence-corrected chi connectivity index (χ3v) is 4.46. The van der Waals surface area contributed by atoms with Crippen molar-refractivity contribution in [1.82, 2.24) is 0 Å². The first-order valence-electron chi connectivity index (χ1n) is 7.30. The van der Waals surface area contributed by atoms with Crippen LogP contribution in [0.3, 0.4) is 0 Å². The van der Waals surface area contributed by atoms with E-state index in [1.165, 1.54) is 6.07 Å². The van der Waals surface area contributed by atoms with Crippen molar-refractivity contribution < 1.29 is 18.8 Å². The largest absolute Gasteiger partial charge is 0.492 e. The number of rotatable bonds is 3. The predicted octanol–water partition coefficient (Wildman–Crippen LogP) is 2.72. The van der Waals surface area contributed by atoms with Crippen molar-refractivity contribution in [2.24, 2.45) is 0 Å². The van der Waals surface area contributed by atoms with Crippen LogP contribution in [0.1, 0.15) is 38.8 Å². The number of aryl methyl sites for hydroxylation is 1. The van der Waals surface area contributed by atoms with Crippen molar-refractivity contribution in [3.05, 3.63) is 34.5 Å². The number of nitrogen functional groups attached to an aromatic ring is 1. The zero-order chi connectivity index (χ0) is 16.7.